The van der Waals surface area contributed by atoms with Gasteiger partial charge in [-0.3, -0.25) is 9.80 Å². The van der Waals surface area contributed by atoms with Gasteiger partial charge in [-0.25, -0.2) is 9.97 Å². The average molecular weight is 812 g/mol. The molecule has 0 atom stereocenters. The normalized spacial score (nSPS) is 15.3. The summed E-state index contributed by atoms with van der Waals surface area (Å²) in [5.41, 5.74) is 6.95. The lowest BCUT2D eigenvalue weighted by Crippen LogP contribution is -2.45. The third-order valence-corrected chi connectivity index (χ3v) is 12.1. The number of fused-ring (bicyclic) bond motifs is 2. The molecule has 0 radical (unpaired) electrons. The van der Waals surface area contributed by atoms with Crippen LogP contribution in [0, 0.1) is 11.3 Å². The molecule has 2 saturated heterocycles. The Bertz CT molecular complexity index is 2130. The molecule has 0 aliphatic carbocycles. The summed E-state index contributed by atoms with van der Waals surface area (Å²) in [4.78, 5) is 19.2. The van der Waals surface area contributed by atoms with E-state index in [1.54, 1.807) is 22.7 Å². The second-order valence-electron chi connectivity index (χ2n) is 12.9. The summed E-state index contributed by atoms with van der Waals surface area (Å²) >= 11 is 21.5. The van der Waals surface area contributed by atoms with Gasteiger partial charge >= 0.3 is 0 Å². The summed E-state index contributed by atoms with van der Waals surface area (Å²) in [5, 5.41) is 12.6. The number of piperazine rings is 2. The van der Waals surface area contributed by atoms with Gasteiger partial charge in [0.1, 0.15) is 0 Å². The molecular formula is C39H39Cl4N7S2. The zero-order valence-corrected chi connectivity index (χ0v) is 33.3. The predicted molar refractivity (Wildman–Crippen MR) is 223 cm³/mol. The van der Waals surface area contributed by atoms with Crippen molar-refractivity contribution < 1.29 is 0 Å². The molecule has 7 nitrogen and oxygen atoms in total. The van der Waals surface area contributed by atoms with Crippen molar-refractivity contribution in [1.29, 1.82) is 5.26 Å². The van der Waals surface area contributed by atoms with Gasteiger partial charge in [-0.15, -0.1) is 24.0 Å². The number of thiazole rings is 2. The van der Waals surface area contributed by atoms with Crippen molar-refractivity contribution in [2.45, 2.75) is 25.4 Å². The Labute approximate surface area is 334 Å². The Kier molecular flexibility index (Phi) is 13.5. The van der Waals surface area contributed by atoms with Crippen molar-refractivity contribution in [3.8, 4) is 6.07 Å². The molecule has 52 heavy (non-hydrogen) atoms. The van der Waals surface area contributed by atoms with E-state index in [4.69, 9.17) is 50.0 Å². The standard InChI is InChI=1S/C20H19ClN4S.C19H19Cl2N3S.ClH/c21-17-4-5-18-19(13-17)26-20(23-18)25-10-8-24(9-11-25)14-16-3-1-2-15(12-16)6-7-22;20-12-14-2-1-3-15(10-14)13-23-6-8-24(9-7-23)19-22-17-5-4-16(21)11-18(17)25-19;/h1-5,12-13H,6,8-11,14H2;1-5,10-11H,6-9,12-13H2;1H. The van der Waals surface area contributed by atoms with Crippen molar-refractivity contribution in [1.82, 2.24) is 19.8 Å². The van der Waals surface area contributed by atoms with Crippen LogP contribution >= 0.6 is 69.9 Å². The van der Waals surface area contributed by atoms with Gasteiger partial charge in [-0.2, -0.15) is 5.26 Å². The second kappa shape index (κ2) is 18.2. The van der Waals surface area contributed by atoms with Crippen molar-refractivity contribution in [2.75, 3.05) is 62.2 Å². The Morgan fingerprint density at radius 1 is 0.596 bits per heavy atom. The molecule has 270 valence electrons. The van der Waals surface area contributed by atoms with Gasteiger partial charge in [-0.1, -0.05) is 94.4 Å². The molecule has 8 rings (SSSR count). The van der Waals surface area contributed by atoms with Crippen LogP contribution in [0.4, 0.5) is 10.3 Å². The molecule has 0 bridgehead atoms. The van der Waals surface area contributed by atoms with Crippen molar-refractivity contribution in [3.05, 3.63) is 117 Å². The number of aromatic nitrogens is 2. The van der Waals surface area contributed by atoms with Gasteiger partial charge in [0.2, 0.25) is 0 Å². The second-order valence-corrected chi connectivity index (χ2v) is 16.0. The lowest BCUT2D eigenvalue weighted by Gasteiger charge is -2.34. The van der Waals surface area contributed by atoms with Gasteiger partial charge in [0.25, 0.3) is 0 Å². The number of nitriles is 1. The van der Waals surface area contributed by atoms with Crippen molar-refractivity contribution in [3.63, 3.8) is 0 Å². The van der Waals surface area contributed by atoms with E-state index >= 15 is 0 Å². The van der Waals surface area contributed by atoms with Gasteiger partial charge in [0, 0.05) is 81.4 Å². The molecule has 4 aromatic carbocycles. The van der Waals surface area contributed by atoms with Crippen LogP contribution in [0.2, 0.25) is 10.0 Å². The number of hydrogen-bond donors (Lipinski definition) is 0. The number of anilines is 2. The molecule has 0 spiro atoms. The molecule has 0 saturated carbocycles. The molecule has 4 heterocycles. The number of benzene rings is 4. The van der Waals surface area contributed by atoms with Gasteiger partial charge in [0.05, 0.1) is 32.9 Å². The van der Waals surface area contributed by atoms with E-state index in [0.717, 1.165) is 112 Å². The zero-order valence-electron chi connectivity index (χ0n) is 28.6. The van der Waals surface area contributed by atoms with Crippen LogP contribution in [0.25, 0.3) is 20.4 Å². The quantitative estimate of drug-likeness (QED) is 0.142. The molecule has 0 unspecified atom stereocenters. The fourth-order valence-electron chi connectivity index (χ4n) is 6.49. The summed E-state index contributed by atoms with van der Waals surface area (Å²) in [6, 6.07) is 30.9. The first-order valence-electron chi connectivity index (χ1n) is 17.1. The smallest absolute Gasteiger partial charge is 0.186 e. The molecule has 2 aliphatic rings. The van der Waals surface area contributed by atoms with Crippen molar-refractivity contribution >= 4 is 101 Å². The fourth-order valence-corrected chi connectivity index (χ4v) is 9.25. The number of nitrogens with zero attached hydrogens (tertiary/aromatic N) is 7. The third-order valence-electron chi connectivity index (χ3n) is 9.20. The highest BCUT2D eigenvalue weighted by atomic mass is 35.5. The summed E-state index contributed by atoms with van der Waals surface area (Å²) < 4.78 is 2.30. The largest absolute Gasteiger partial charge is 0.345 e. The molecule has 13 heteroatoms. The van der Waals surface area contributed by atoms with E-state index < -0.39 is 0 Å². The van der Waals surface area contributed by atoms with Crippen LogP contribution in [-0.2, 0) is 25.4 Å². The molecular weight excluding hydrogens is 772 g/mol. The van der Waals surface area contributed by atoms with Crippen LogP contribution in [0.1, 0.15) is 22.3 Å². The van der Waals surface area contributed by atoms with Crippen LogP contribution < -0.4 is 9.80 Å². The van der Waals surface area contributed by atoms with E-state index in [2.05, 4.69) is 62.1 Å². The van der Waals surface area contributed by atoms with Crippen LogP contribution in [0.3, 0.4) is 0 Å². The van der Waals surface area contributed by atoms with E-state index in [1.165, 1.54) is 16.7 Å². The zero-order chi connectivity index (χ0) is 35.2. The number of halogens is 4. The van der Waals surface area contributed by atoms with E-state index in [9.17, 15) is 0 Å². The minimum atomic E-state index is 0. The molecule has 0 N–H and O–H groups in total. The molecule has 2 aliphatic heterocycles. The maximum Gasteiger partial charge on any atom is 0.186 e. The Morgan fingerprint density at radius 2 is 1.04 bits per heavy atom. The minimum absolute atomic E-state index is 0. The van der Waals surface area contributed by atoms with Gasteiger partial charge in [0.15, 0.2) is 10.3 Å². The van der Waals surface area contributed by atoms with E-state index in [-0.39, 0.29) is 12.4 Å². The van der Waals surface area contributed by atoms with Crippen LogP contribution in [0.5, 0.6) is 0 Å². The highest BCUT2D eigenvalue weighted by Crippen LogP contribution is 2.32. The highest BCUT2D eigenvalue weighted by Gasteiger charge is 2.21. The first-order valence-corrected chi connectivity index (χ1v) is 20.0. The average Bonchev–Trinajstić information content (AvgIpc) is 3.77. The first kappa shape index (κ1) is 38.6. The molecule has 0 amide bonds. The molecule has 2 fully saturated rings. The molecule has 2 aromatic heterocycles. The van der Waals surface area contributed by atoms with E-state index in [0.29, 0.717) is 12.3 Å². The molecule has 6 aromatic rings. The lowest BCUT2D eigenvalue weighted by atomic mass is 10.1. The fraction of sp³-hybridized carbons (Fsp3) is 0.308. The monoisotopic (exact) mass is 809 g/mol. The number of hydrogen-bond acceptors (Lipinski definition) is 9. The maximum absolute atomic E-state index is 8.86. The summed E-state index contributed by atoms with van der Waals surface area (Å²) in [6.07, 6.45) is 0.475. The number of rotatable bonds is 8. The van der Waals surface area contributed by atoms with Crippen LogP contribution in [0.15, 0.2) is 84.9 Å². The van der Waals surface area contributed by atoms with Crippen molar-refractivity contribution in [2.24, 2.45) is 0 Å². The first-order chi connectivity index (χ1) is 24.9. The maximum atomic E-state index is 8.86. The lowest BCUT2D eigenvalue weighted by molar-refractivity contribution is 0.250. The SMILES string of the molecule is Cl.ClCc1cccc(CN2CCN(c3nc4ccc(Cl)cc4s3)CC2)c1.N#CCc1cccc(CN2CCN(c3nc4ccc(Cl)cc4s3)CC2)c1. The third kappa shape index (κ3) is 9.87. The van der Waals surface area contributed by atoms with Gasteiger partial charge < -0.3 is 9.80 Å². The summed E-state index contributed by atoms with van der Waals surface area (Å²) in [7, 11) is 0. The predicted octanol–water partition coefficient (Wildman–Crippen LogP) is 9.77. The Morgan fingerprint density at radius 3 is 1.50 bits per heavy atom. The number of alkyl halides is 1. The Hall–Kier alpha value is -3.17. The highest BCUT2D eigenvalue weighted by molar-refractivity contribution is 7.22. The van der Waals surface area contributed by atoms with Crippen LogP contribution in [-0.4, -0.2) is 72.1 Å². The summed E-state index contributed by atoms with van der Waals surface area (Å²) in [5.74, 6) is 0.573. The minimum Gasteiger partial charge on any atom is -0.345 e. The van der Waals surface area contributed by atoms with E-state index in [1.807, 2.05) is 48.5 Å². The topological polar surface area (TPSA) is 62.5 Å². The Balaban J connectivity index is 0.000000175. The summed E-state index contributed by atoms with van der Waals surface area (Å²) in [6.45, 7) is 9.99. The van der Waals surface area contributed by atoms with Gasteiger partial charge in [-0.05, 0) is 58.7 Å².